The van der Waals surface area contributed by atoms with E-state index in [9.17, 15) is 0 Å². The molecular formula is C12H28O12. The van der Waals surface area contributed by atoms with Crippen LogP contribution in [-0.2, 0) is 19.2 Å². The summed E-state index contributed by atoms with van der Waals surface area (Å²) in [6.45, 7) is 9.11. The minimum absolute atomic E-state index is 0.213. The third-order valence-corrected chi connectivity index (χ3v) is 1.25. The summed E-state index contributed by atoms with van der Waals surface area (Å²) < 4.78 is 9.99. The summed E-state index contributed by atoms with van der Waals surface area (Å²) in [7, 11) is 0. The number of carbonyl (C=O) groups is 2. The number of carboxylic acid groups (broad SMARTS) is 4. The van der Waals surface area contributed by atoms with E-state index < -0.39 is 12.3 Å². The maximum Gasteiger partial charge on any atom is 0.503 e. The van der Waals surface area contributed by atoms with Gasteiger partial charge in [-0.25, -0.2) is 19.4 Å². The zero-order valence-corrected chi connectivity index (χ0v) is 14.1. The lowest BCUT2D eigenvalue weighted by molar-refractivity contribution is -0.250. The van der Waals surface area contributed by atoms with Crippen LogP contribution in [0.4, 0.5) is 9.59 Å². The molecular weight excluding hydrogens is 336 g/mol. The van der Waals surface area contributed by atoms with E-state index in [1.807, 2.05) is 27.7 Å². The highest BCUT2D eigenvalue weighted by atomic mass is 17.1. The maximum atomic E-state index is 8.56. The molecule has 0 aromatic heterocycles. The summed E-state index contributed by atoms with van der Waals surface area (Å²) >= 11 is 0. The summed E-state index contributed by atoms with van der Waals surface area (Å²) in [5.74, 6) is 0. The van der Waals surface area contributed by atoms with Gasteiger partial charge < -0.3 is 29.9 Å². The molecule has 12 nitrogen and oxygen atoms in total. The van der Waals surface area contributed by atoms with Crippen LogP contribution in [0.15, 0.2) is 0 Å². The van der Waals surface area contributed by atoms with Gasteiger partial charge in [-0.1, -0.05) is 0 Å². The fourth-order valence-electron chi connectivity index (χ4n) is 0.642. The molecule has 0 aliphatic carbocycles. The van der Waals surface area contributed by atoms with Crippen molar-refractivity contribution in [3.05, 3.63) is 0 Å². The first-order chi connectivity index (χ1) is 11.0. The van der Waals surface area contributed by atoms with Crippen molar-refractivity contribution in [2.24, 2.45) is 0 Å². The SMILES string of the molecule is CC(C)OCCOO.CC(C)OCCOO.O=C(O)O.O=C(O)O. The Labute approximate surface area is 139 Å². The quantitative estimate of drug-likeness (QED) is 0.209. The van der Waals surface area contributed by atoms with Gasteiger partial charge in [0.1, 0.15) is 13.2 Å². The average Bonchev–Trinajstić information content (AvgIpc) is 2.38. The van der Waals surface area contributed by atoms with Crippen LogP contribution in [-0.4, -0.2) is 81.9 Å². The molecule has 0 fully saturated rings. The number of hydrogen-bond acceptors (Lipinski definition) is 8. The van der Waals surface area contributed by atoms with Gasteiger partial charge in [-0.3, -0.25) is 10.5 Å². The first-order valence-electron chi connectivity index (χ1n) is 6.60. The molecule has 0 amide bonds. The molecule has 0 atom stereocenters. The van der Waals surface area contributed by atoms with Gasteiger partial charge in [-0.15, -0.1) is 0 Å². The Morgan fingerprint density at radius 3 is 1.00 bits per heavy atom. The Hall–Kier alpha value is -1.70. The topological polar surface area (TPSA) is 192 Å². The van der Waals surface area contributed by atoms with Crippen LogP contribution in [0.5, 0.6) is 0 Å². The van der Waals surface area contributed by atoms with Crippen molar-refractivity contribution in [3.63, 3.8) is 0 Å². The minimum atomic E-state index is -1.83. The van der Waals surface area contributed by atoms with Crippen LogP contribution in [0, 0.1) is 0 Å². The van der Waals surface area contributed by atoms with Crippen molar-refractivity contribution in [2.75, 3.05) is 26.4 Å². The van der Waals surface area contributed by atoms with E-state index in [1.54, 1.807) is 0 Å². The van der Waals surface area contributed by atoms with Gasteiger partial charge in [0.2, 0.25) is 0 Å². The Morgan fingerprint density at radius 1 is 0.667 bits per heavy atom. The van der Waals surface area contributed by atoms with E-state index >= 15 is 0 Å². The van der Waals surface area contributed by atoms with Gasteiger partial charge >= 0.3 is 12.3 Å². The first-order valence-corrected chi connectivity index (χ1v) is 6.60. The predicted octanol–water partition coefficient (Wildman–Crippen LogP) is 2.25. The zero-order chi connectivity index (χ0) is 20.0. The van der Waals surface area contributed by atoms with Crippen molar-refractivity contribution in [1.29, 1.82) is 0 Å². The van der Waals surface area contributed by atoms with Crippen LogP contribution < -0.4 is 0 Å². The van der Waals surface area contributed by atoms with Gasteiger partial charge in [0.15, 0.2) is 0 Å². The lowest BCUT2D eigenvalue weighted by Gasteiger charge is -2.03. The summed E-state index contributed by atoms with van der Waals surface area (Å²) in [6, 6.07) is 0. The molecule has 0 spiro atoms. The van der Waals surface area contributed by atoms with Crippen LogP contribution in [0.1, 0.15) is 27.7 Å². The lowest BCUT2D eigenvalue weighted by Crippen LogP contribution is -2.07. The van der Waals surface area contributed by atoms with E-state index in [-0.39, 0.29) is 25.4 Å². The first kappa shape index (κ1) is 30.2. The second-order valence-electron chi connectivity index (χ2n) is 4.07. The van der Waals surface area contributed by atoms with E-state index in [4.69, 9.17) is 50.0 Å². The van der Waals surface area contributed by atoms with Crippen molar-refractivity contribution in [2.45, 2.75) is 39.9 Å². The van der Waals surface area contributed by atoms with Gasteiger partial charge in [-0.2, -0.15) is 0 Å². The summed E-state index contributed by atoms with van der Waals surface area (Å²) in [4.78, 5) is 24.6. The number of rotatable bonds is 8. The van der Waals surface area contributed by atoms with Crippen molar-refractivity contribution in [1.82, 2.24) is 0 Å². The van der Waals surface area contributed by atoms with Crippen molar-refractivity contribution >= 4 is 12.3 Å². The van der Waals surface area contributed by atoms with Crippen molar-refractivity contribution in [3.8, 4) is 0 Å². The Balaban J connectivity index is -0.000000117. The third kappa shape index (κ3) is 110. The lowest BCUT2D eigenvalue weighted by atomic mass is 10.5. The third-order valence-electron chi connectivity index (χ3n) is 1.25. The molecule has 0 heterocycles. The molecule has 0 rings (SSSR count). The molecule has 0 aromatic carbocycles. The highest BCUT2D eigenvalue weighted by Gasteiger charge is 1.90. The fourth-order valence-corrected chi connectivity index (χ4v) is 0.642. The molecule has 0 unspecified atom stereocenters. The molecule has 148 valence electrons. The molecule has 0 aromatic rings. The maximum absolute atomic E-state index is 8.56. The average molecular weight is 364 g/mol. The summed E-state index contributed by atoms with van der Waals surface area (Å²) in [5, 5.41) is 43.5. The van der Waals surface area contributed by atoms with E-state index in [0.717, 1.165) is 0 Å². The molecule has 0 bridgehead atoms. The summed E-state index contributed by atoms with van der Waals surface area (Å²) in [5.41, 5.74) is 0. The second kappa shape index (κ2) is 26.2. The normalized spacial score (nSPS) is 9.00. The highest BCUT2D eigenvalue weighted by molar-refractivity contribution is 5.53. The molecule has 0 saturated carbocycles. The van der Waals surface area contributed by atoms with Crippen LogP contribution in [0.25, 0.3) is 0 Å². The van der Waals surface area contributed by atoms with Gasteiger partial charge in [0, 0.05) is 0 Å². The van der Waals surface area contributed by atoms with Gasteiger partial charge in [0.05, 0.1) is 25.4 Å². The molecule has 0 radical (unpaired) electrons. The highest BCUT2D eigenvalue weighted by Crippen LogP contribution is 1.85. The predicted molar refractivity (Wildman–Crippen MR) is 80.6 cm³/mol. The number of ether oxygens (including phenoxy) is 2. The van der Waals surface area contributed by atoms with Crippen LogP contribution >= 0.6 is 0 Å². The molecule has 0 aliphatic rings. The molecule has 0 aliphatic heterocycles. The van der Waals surface area contributed by atoms with E-state index in [2.05, 4.69) is 9.78 Å². The summed E-state index contributed by atoms with van der Waals surface area (Å²) in [6.07, 6.45) is -3.24. The van der Waals surface area contributed by atoms with E-state index in [1.165, 1.54) is 0 Å². The molecule has 6 N–H and O–H groups in total. The molecule has 12 heteroatoms. The molecule has 24 heavy (non-hydrogen) atoms. The largest absolute Gasteiger partial charge is 0.503 e. The minimum Gasteiger partial charge on any atom is -0.450 e. The fraction of sp³-hybridized carbons (Fsp3) is 0.833. The Kier molecular flexibility index (Phi) is 33.0. The van der Waals surface area contributed by atoms with Crippen molar-refractivity contribution < 1.29 is 59.8 Å². The monoisotopic (exact) mass is 364 g/mol. The smallest absolute Gasteiger partial charge is 0.450 e. The zero-order valence-electron chi connectivity index (χ0n) is 14.1. The van der Waals surface area contributed by atoms with Gasteiger partial charge in [0.25, 0.3) is 0 Å². The standard InChI is InChI=1S/2C5H12O3.2CH2O3/c2*1-5(2)7-3-4-8-6;2*2-1(3)4/h2*5-6H,3-4H2,1-2H3;2*(H2,2,3,4). The molecule has 0 saturated heterocycles. The Bertz CT molecular complexity index is 222. The van der Waals surface area contributed by atoms with E-state index in [0.29, 0.717) is 13.2 Å². The Morgan fingerprint density at radius 2 is 0.875 bits per heavy atom. The number of hydrogen-bond donors (Lipinski definition) is 6. The second-order valence-corrected chi connectivity index (χ2v) is 4.07. The van der Waals surface area contributed by atoms with Crippen LogP contribution in [0.3, 0.4) is 0 Å². The van der Waals surface area contributed by atoms with Gasteiger partial charge in [-0.05, 0) is 27.7 Å². The van der Waals surface area contributed by atoms with Crippen LogP contribution in [0.2, 0.25) is 0 Å².